The lowest BCUT2D eigenvalue weighted by Crippen LogP contribution is -2.33. The van der Waals surface area contributed by atoms with Crippen molar-refractivity contribution in [3.8, 4) is 0 Å². The highest BCUT2D eigenvalue weighted by atomic mass is 35.5. The summed E-state index contributed by atoms with van der Waals surface area (Å²) in [5.74, 6) is 0.724. The van der Waals surface area contributed by atoms with Crippen LogP contribution in [0.25, 0.3) is 11.0 Å². The van der Waals surface area contributed by atoms with Gasteiger partial charge in [-0.2, -0.15) is 4.98 Å². The molecule has 3 heterocycles. The standard InChI is InChI=1S/C12H13ClN4O/c13-12-15-9-4-1-5-14-10(9)11(16-12)17-6-2-3-8(17)7-18/h1,4-5,8,18H,2-3,6-7H2/t8-/m0/s1. The van der Waals surface area contributed by atoms with E-state index in [1.165, 1.54) is 0 Å². The molecule has 3 rings (SSSR count). The Morgan fingerprint density at radius 2 is 2.33 bits per heavy atom. The van der Waals surface area contributed by atoms with Crippen molar-refractivity contribution >= 4 is 28.5 Å². The molecule has 0 aromatic carbocycles. The van der Waals surface area contributed by atoms with Gasteiger partial charge in [0.1, 0.15) is 5.52 Å². The van der Waals surface area contributed by atoms with Gasteiger partial charge in [-0.1, -0.05) is 0 Å². The SMILES string of the molecule is OC[C@@H]1CCCN1c1nc(Cl)nc2cccnc12. The molecule has 1 saturated heterocycles. The molecule has 94 valence electrons. The van der Waals surface area contributed by atoms with Gasteiger partial charge in [-0.15, -0.1) is 0 Å². The summed E-state index contributed by atoms with van der Waals surface area (Å²) in [6.45, 7) is 0.986. The minimum atomic E-state index is 0.0983. The summed E-state index contributed by atoms with van der Waals surface area (Å²) in [5.41, 5.74) is 1.47. The fourth-order valence-corrected chi connectivity index (χ4v) is 2.60. The van der Waals surface area contributed by atoms with Crippen LogP contribution < -0.4 is 4.90 Å². The number of aliphatic hydroxyl groups excluding tert-OH is 1. The maximum absolute atomic E-state index is 9.40. The molecule has 1 atom stereocenters. The van der Waals surface area contributed by atoms with Crippen LogP contribution in [0.5, 0.6) is 0 Å². The Hall–Kier alpha value is -1.46. The third kappa shape index (κ3) is 1.89. The van der Waals surface area contributed by atoms with Crippen LogP contribution in [-0.4, -0.2) is 39.3 Å². The zero-order valence-electron chi connectivity index (χ0n) is 9.75. The van der Waals surface area contributed by atoms with E-state index >= 15 is 0 Å². The molecule has 0 unspecified atom stereocenters. The Bertz CT molecular complexity index is 577. The lowest BCUT2D eigenvalue weighted by atomic mass is 10.2. The van der Waals surface area contributed by atoms with E-state index in [-0.39, 0.29) is 17.9 Å². The molecule has 18 heavy (non-hydrogen) atoms. The second kappa shape index (κ2) is 4.66. The number of hydrogen-bond donors (Lipinski definition) is 1. The number of aliphatic hydroxyl groups is 1. The molecule has 1 N–H and O–H groups in total. The summed E-state index contributed by atoms with van der Waals surface area (Å²) in [4.78, 5) is 14.9. The van der Waals surface area contributed by atoms with Crippen LogP contribution in [0.1, 0.15) is 12.8 Å². The lowest BCUT2D eigenvalue weighted by Gasteiger charge is -2.24. The van der Waals surface area contributed by atoms with Gasteiger partial charge in [0.05, 0.1) is 18.2 Å². The fourth-order valence-electron chi connectivity index (χ4n) is 2.43. The van der Waals surface area contributed by atoms with Crippen LogP contribution in [0.15, 0.2) is 18.3 Å². The predicted octanol–water partition coefficient (Wildman–Crippen LogP) is 1.64. The third-order valence-electron chi connectivity index (χ3n) is 3.27. The summed E-state index contributed by atoms with van der Waals surface area (Å²) in [5, 5.41) is 9.62. The van der Waals surface area contributed by atoms with Gasteiger partial charge in [0.25, 0.3) is 0 Å². The number of hydrogen-bond acceptors (Lipinski definition) is 5. The van der Waals surface area contributed by atoms with Crippen LogP contribution in [0.3, 0.4) is 0 Å². The van der Waals surface area contributed by atoms with Crippen molar-refractivity contribution in [2.45, 2.75) is 18.9 Å². The highest BCUT2D eigenvalue weighted by molar-refractivity contribution is 6.28. The van der Waals surface area contributed by atoms with Gasteiger partial charge in [-0.05, 0) is 36.6 Å². The normalized spacial score (nSPS) is 19.7. The molecule has 2 aromatic rings. The minimum absolute atomic E-state index is 0.0983. The van der Waals surface area contributed by atoms with E-state index in [9.17, 15) is 5.11 Å². The average Bonchev–Trinajstić information content (AvgIpc) is 2.85. The summed E-state index contributed by atoms with van der Waals surface area (Å²) in [6.07, 6.45) is 3.72. The first kappa shape index (κ1) is 11.6. The van der Waals surface area contributed by atoms with Crippen molar-refractivity contribution in [1.29, 1.82) is 0 Å². The molecule has 1 aliphatic heterocycles. The van der Waals surface area contributed by atoms with E-state index in [1.54, 1.807) is 6.20 Å². The Kier molecular flexibility index (Phi) is 3.01. The van der Waals surface area contributed by atoms with E-state index in [4.69, 9.17) is 11.6 Å². The monoisotopic (exact) mass is 264 g/mol. The van der Waals surface area contributed by atoms with Gasteiger partial charge >= 0.3 is 0 Å². The molecule has 1 fully saturated rings. The topological polar surface area (TPSA) is 62.1 Å². The highest BCUT2D eigenvalue weighted by Crippen LogP contribution is 2.29. The first-order chi connectivity index (χ1) is 8.79. The first-order valence-electron chi connectivity index (χ1n) is 5.95. The van der Waals surface area contributed by atoms with Crippen LogP contribution in [0.2, 0.25) is 5.28 Å². The molecular weight excluding hydrogens is 252 g/mol. The Morgan fingerprint density at radius 1 is 1.44 bits per heavy atom. The minimum Gasteiger partial charge on any atom is -0.394 e. The van der Waals surface area contributed by atoms with Gasteiger partial charge in [-0.3, -0.25) is 4.98 Å². The predicted molar refractivity (Wildman–Crippen MR) is 69.8 cm³/mol. The lowest BCUT2D eigenvalue weighted by molar-refractivity contribution is 0.266. The number of nitrogens with zero attached hydrogens (tertiary/aromatic N) is 4. The number of fused-ring (bicyclic) bond motifs is 1. The van der Waals surface area contributed by atoms with Crippen molar-refractivity contribution in [3.05, 3.63) is 23.6 Å². The Labute approximate surface area is 109 Å². The van der Waals surface area contributed by atoms with E-state index in [1.807, 2.05) is 12.1 Å². The second-order valence-corrected chi connectivity index (χ2v) is 4.70. The summed E-state index contributed by atoms with van der Waals surface area (Å²) >= 11 is 5.95. The molecule has 0 spiro atoms. The first-order valence-corrected chi connectivity index (χ1v) is 6.33. The number of anilines is 1. The molecule has 0 radical (unpaired) electrons. The maximum Gasteiger partial charge on any atom is 0.225 e. The second-order valence-electron chi connectivity index (χ2n) is 4.36. The molecule has 6 heteroatoms. The smallest absolute Gasteiger partial charge is 0.225 e. The van der Waals surface area contributed by atoms with Crippen LogP contribution >= 0.6 is 11.6 Å². The molecule has 2 aromatic heterocycles. The van der Waals surface area contributed by atoms with E-state index in [2.05, 4.69) is 19.9 Å². The van der Waals surface area contributed by atoms with Crippen molar-refractivity contribution < 1.29 is 5.11 Å². The van der Waals surface area contributed by atoms with Gasteiger partial charge in [-0.25, -0.2) is 4.98 Å². The van der Waals surface area contributed by atoms with Crippen LogP contribution in [-0.2, 0) is 0 Å². The quantitative estimate of drug-likeness (QED) is 0.836. The summed E-state index contributed by atoms with van der Waals surface area (Å²) in [6, 6.07) is 3.79. The van der Waals surface area contributed by atoms with Crippen molar-refractivity contribution in [3.63, 3.8) is 0 Å². The third-order valence-corrected chi connectivity index (χ3v) is 3.44. The molecule has 5 nitrogen and oxygen atoms in total. The maximum atomic E-state index is 9.40. The Balaban J connectivity index is 2.15. The van der Waals surface area contributed by atoms with E-state index in [0.717, 1.165) is 36.2 Å². The number of halogens is 1. The zero-order valence-corrected chi connectivity index (χ0v) is 10.5. The fraction of sp³-hybridized carbons (Fsp3) is 0.417. The summed E-state index contributed by atoms with van der Waals surface area (Å²) in [7, 11) is 0. The summed E-state index contributed by atoms with van der Waals surface area (Å²) < 4.78 is 0. The van der Waals surface area contributed by atoms with E-state index < -0.39 is 0 Å². The Morgan fingerprint density at radius 3 is 3.17 bits per heavy atom. The van der Waals surface area contributed by atoms with Gasteiger partial charge < -0.3 is 10.0 Å². The molecule has 0 bridgehead atoms. The zero-order chi connectivity index (χ0) is 12.5. The largest absolute Gasteiger partial charge is 0.394 e. The van der Waals surface area contributed by atoms with Crippen LogP contribution in [0, 0.1) is 0 Å². The van der Waals surface area contributed by atoms with Gasteiger partial charge in [0.15, 0.2) is 5.82 Å². The molecule has 0 amide bonds. The molecular formula is C12H13ClN4O. The molecule has 0 aliphatic carbocycles. The van der Waals surface area contributed by atoms with Crippen molar-refractivity contribution in [1.82, 2.24) is 15.0 Å². The number of rotatable bonds is 2. The highest BCUT2D eigenvalue weighted by Gasteiger charge is 2.27. The average molecular weight is 265 g/mol. The number of aromatic nitrogens is 3. The van der Waals surface area contributed by atoms with Crippen molar-refractivity contribution in [2.24, 2.45) is 0 Å². The molecule has 1 aliphatic rings. The van der Waals surface area contributed by atoms with Crippen LogP contribution in [0.4, 0.5) is 5.82 Å². The molecule has 0 saturated carbocycles. The number of pyridine rings is 1. The van der Waals surface area contributed by atoms with Crippen molar-refractivity contribution in [2.75, 3.05) is 18.1 Å². The van der Waals surface area contributed by atoms with E-state index in [0.29, 0.717) is 0 Å². The van der Waals surface area contributed by atoms with Gasteiger partial charge in [0, 0.05) is 12.7 Å². The van der Waals surface area contributed by atoms with Gasteiger partial charge in [0.2, 0.25) is 5.28 Å².